The monoisotopic (exact) mass is 291 g/mol. The van der Waals surface area contributed by atoms with Crippen molar-refractivity contribution in [3.63, 3.8) is 0 Å². The van der Waals surface area contributed by atoms with Gasteiger partial charge in [-0.15, -0.1) is 0 Å². The molecule has 114 valence electrons. The van der Waals surface area contributed by atoms with Crippen LogP contribution >= 0.6 is 0 Å². The summed E-state index contributed by atoms with van der Waals surface area (Å²) >= 11 is 0. The van der Waals surface area contributed by atoms with Crippen LogP contribution in [0.1, 0.15) is 39.5 Å². The summed E-state index contributed by atoms with van der Waals surface area (Å²) in [4.78, 5) is 2.22. The van der Waals surface area contributed by atoms with Gasteiger partial charge in [-0.05, 0) is 53.2 Å². The average molecular weight is 291 g/mol. The Kier molecular flexibility index (Phi) is 7.28. The fourth-order valence-corrected chi connectivity index (χ4v) is 3.59. The molecular weight excluding hydrogens is 262 g/mol. The van der Waals surface area contributed by atoms with E-state index in [1.54, 1.807) is 0 Å². The van der Waals surface area contributed by atoms with E-state index in [-0.39, 0.29) is 11.8 Å². The summed E-state index contributed by atoms with van der Waals surface area (Å²) < 4.78 is 26.5. The van der Waals surface area contributed by atoms with Gasteiger partial charge in [0.15, 0.2) is 0 Å². The number of nitrogens with zero attached hydrogens (tertiary/aromatic N) is 1. The van der Waals surface area contributed by atoms with Crippen molar-refractivity contribution in [2.24, 2.45) is 0 Å². The Morgan fingerprint density at radius 2 is 2.11 bits per heavy atom. The second kappa shape index (κ2) is 8.19. The van der Waals surface area contributed by atoms with Gasteiger partial charge in [0, 0.05) is 18.6 Å². The van der Waals surface area contributed by atoms with E-state index in [9.17, 15) is 8.42 Å². The van der Waals surface area contributed by atoms with Gasteiger partial charge in [-0.3, -0.25) is 0 Å². The minimum Gasteiger partial charge on any atom is -0.313 e. The number of hydrogen-bond acceptors (Lipinski definition) is 4. The fourth-order valence-electron chi connectivity index (χ4n) is 2.20. The zero-order valence-electron chi connectivity index (χ0n) is 12.5. The van der Waals surface area contributed by atoms with E-state index in [4.69, 9.17) is 0 Å². The molecule has 0 aromatic carbocycles. The summed E-state index contributed by atoms with van der Waals surface area (Å²) in [6.07, 6.45) is 4.11. The third kappa shape index (κ3) is 7.25. The lowest BCUT2D eigenvalue weighted by molar-refractivity contribution is 0.271. The lowest BCUT2D eigenvalue weighted by Gasteiger charge is -2.23. The second-order valence-electron chi connectivity index (χ2n) is 5.75. The summed E-state index contributed by atoms with van der Waals surface area (Å²) in [6, 6.07) is 0.632. The van der Waals surface area contributed by atoms with Crippen molar-refractivity contribution in [1.82, 2.24) is 14.9 Å². The first-order chi connectivity index (χ1) is 8.91. The van der Waals surface area contributed by atoms with Gasteiger partial charge in [0.05, 0.1) is 5.75 Å². The van der Waals surface area contributed by atoms with Crippen LogP contribution < -0.4 is 10.0 Å². The van der Waals surface area contributed by atoms with Crippen LogP contribution in [0.4, 0.5) is 0 Å². The predicted molar refractivity (Wildman–Crippen MR) is 79.8 cm³/mol. The number of piperidine rings is 1. The van der Waals surface area contributed by atoms with Crippen molar-refractivity contribution >= 4 is 10.0 Å². The molecule has 1 fully saturated rings. The van der Waals surface area contributed by atoms with Gasteiger partial charge >= 0.3 is 0 Å². The summed E-state index contributed by atoms with van der Waals surface area (Å²) in [5.74, 6) is 0.215. The van der Waals surface area contributed by atoms with Crippen LogP contribution in [0.25, 0.3) is 0 Å². The highest BCUT2D eigenvalue weighted by Crippen LogP contribution is 2.08. The highest BCUT2D eigenvalue weighted by molar-refractivity contribution is 7.89. The lowest BCUT2D eigenvalue weighted by Crippen LogP contribution is -2.43. The molecule has 0 spiro atoms. The number of sulfonamides is 1. The Morgan fingerprint density at radius 1 is 1.37 bits per heavy atom. The standard InChI is InChI=1S/C13H29N3O2S/c1-12(2)16(3)10-6-9-15-19(17,18)11-13-7-4-5-8-14-13/h12-15H,4-11H2,1-3H3. The molecule has 0 aromatic heterocycles. The molecule has 1 saturated heterocycles. The highest BCUT2D eigenvalue weighted by atomic mass is 32.2. The molecule has 1 heterocycles. The quantitative estimate of drug-likeness (QED) is 0.649. The first-order valence-electron chi connectivity index (χ1n) is 7.31. The Balaban J connectivity index is 2.19. The number of rotatable bonds is 8. The molecule has 6 heteroatoms. The molecule has 1 rings (SSSR count). The van der Waals surface area contributed by atoms with Crippen molar-refractivity contribution in [2.45, 2.75) is 51.6 Å². The molecule has 0 amide bonds. The zero-order chi connectivity index (χ0) is 14.3. The van der Waals surface area contributed by atoms with E-state index in [0.29, 0.717) is 12.6 Å². The van der Waals surface area contributed by atoms with E-state index in [2.05, 4.69) is 35.8 Å². The molecule has 1 aliphatic heterocycles. The van der Waals surface area contributed by atoms with Crippen molar-refractivity contribution in [2.75, 3.05) is 32.4 Å². The first kappa shape index (κ1) is 16.9. The van der Waals surface area contributed by atoms with Gasteiger partial charge < -0.3 is 10.2 Å². The largest absolute Gasteiger partial charge is 0.313 e. The van der Waals surface area contributed by atoms with E-state index < -0.39 is 10.0 Å². The Bertz CT molecular complexity index is 338. The summed E-state index contributed by atoms with van der Waals surface area (Å²) in [5, 5.41) is 3.27. The van der Waals surface area contributed by atoms with Crippen molar-refractivity contribution < 1.29 is 8.42 Å². The van der Waals surface area contributed by atoms with Crippen molar-refractivity contribution in [3.05, 3.63) is 0 Å². The summed E-state index contributed by atoms with van der Waals surface area (Å²) in [7, 11) is -1.07. The van der Waals surface area contributed by atoms with Gasteiger partial charge in [-0.25, -0.2) is 13.1 Å². The van der Waals surface area contributed by atoms with Crippen LogP contribution in [0.5, 0.6) is 0 Å². The van der Waals surface area contributed by atoms with Gasteiger partial charge in [-0.1, -0.05) is 6.42 Å². The molecule has 1 aliphatic rings. The molecule has 0 aromatic rings. The maximum absolute atomic E-state index is 11.9. The Hall–Kier alpha value is -0.170. The van der Waals surface area contributed by atoms with Gasteiger partial charge in [0.2, 0.25) is 10.0 Å². The smallest absolute Gasteiger partial charge is 0.213 e. The summed E-state index contributed by atoms with van der Waals surface area (Å²) in [5.41, 5.74) is 0. The fraction of sp³-hybridized carbons (Fsp3) is 1.00. The van der Waals surface area contributed by atoms with E-state index in [1.165, 1.54) is 0 Å². The molecule has 2 N–H and O–H groups in total. The van der Waals surface area contributed by atoms with Crippen LogP contribution in [-0.2, 0) is 10.0 Å². The highest BCUT2D eigenvalue weighted by Gasteiger charge is 2.20. The van der Waals surface area contributed by atoms with Crippen LogP contribution in [0.3, 0.4) is 0 Å². The topological polar surface area (TPSA) is 61.4 Å². The van der Waals surface area contributed by atoms with Gasteiger partial charge in [-0.2, -0.15) is 0 Å². The second-order valence-corrected chi connectivity index (χ2v) is 7.60. The third-order valence-corrected chi connectivity index (χ3v) is 5.21. The zero-order valence-corrected chi connectivity index (χ0v) is 13.3. The van der Waals surface area contributed by atoms with Crippen molar-refractivity contribution in [1.29, 1.82) is 0 Å². The lowest BCUT2D eigenvalue weighted by atomic mass is 10.1. The minimum atomic E-state index is -3.13. The molecule has 0 bridgehead atoms. The van der Waals surface area contributed by atoms with Crippen LogP contribution in [0.2, 0.25) is 0 Å². The molecule has 19 heavy (non-hydrogen) atoms. The molecule has 0 aliphatic carbocycles. The van der Waals surface area contributed by atoms with Crippen LogP contribution in [-0.4, -0.2) is 57.8 Å². The van der Waals surface area contributed by atoms with E-state index in [0.717, 1.165) is 38.8 Å². The summed E-state index contributed by atoms with van der Waals surface area (Å²) in [6.45, 7) is 6.67. The number of nitrogens with one attached hydrogen (secondary N) is 2. The van der Waals surface area contributed by atoms with Gasteiger partial charge in [0.25, 0.3) is 0 Å². The number of hydrogen-bond donors (Lipinski definition) is 2. The molecule has 1 unspecified atom stereocenters. The normalized spacial score (nSPS) is 21.2. The van der Waals surface area contributed by atoms with E-state index >= 15 is 0 Å². The minimum absolute atomic E-state index is 0.129. The van der Waals surface area contributed by atoms with Gasteiger partial charge in [0.1, 0.15) is 0 Å². The molecule has 1 atom stereocenters. The van der Waals surface area contributed by atoms with Crippen LogP contribution in [0, 0.1) is 0 Å². The average Bonchev–Trinajstić information content (AvgIpc) is 2.35. The molecule has 0 radical (unpaired) electrons. The van der Waals surface area contributed by atoms with E-state index in [1.807, 2.05) is 0 Å². The Labute approximate surface area is 118 Å². The maximum atomic E-state index is 11.9. The predicted octanol–water partition coefficient (Wildman–Crippen LogP) is 0.778. The van der Waals surface area contributed by atoms with Crippen molar-refractivity contribution in [3.8, 4) is 0 Å². The first-order valence-corrected chi connectivity index (χ1v) is 8.97. The van der Waals surface area contributed by atoms with Crippen LogP contribution in [0.15, 0.2) is 0 Å². The Morgan fingerprint density at radius 3 is 2.68 bits per heavy atom. The maximum Gasteiger partial charge on any atom is 0.213 e. The SMILES string of the molecule is CC(C)N(C)CCCNS(=O)(=O)CC1CCCCN1. The molecular formula is C13H29N3O2S. The molecule has 5 nitrogen and oxygen atoms in total. The molecule has 0 saturated carbocycles. The third-order valence-electron chi connectivity index (χ3n) is 3.72.